The van der Waals surface area contributed by atoms with Crippen LogP contribution in [-0.2, 0) is 0 Å². The molecule has 218 valence electrons. The molecule has 0 spiro atoms. The number of thiazole rings is 1. The average molecular weight is 589 g/mol. The van der Waals surface area contributed by atoms with Crippen molar-refractivity contribution in [3.8, 4) is 10.6 Å². The molecule has 2 aliphatic rings. The second-order valence-corrected chi connectivity index (χ2v) is 11.6. The average Bonchev–Trinajstić information content (AvgIpc) is 3.57. The number of alkyl halides is 5. The maximum atomic E-state index is 13.6. The van der Waals surface area contributed by atoms with E-state index in [4.69, 9.17) is 0 Å². The fourth-order valence-corrected chi connectivity index (χ4v) is 6.75. The third kappa shape index (κ3) is 5.19. The van der Waals surface area contributed by atoms with E-state index in [0.717, 1.165) is 17.5 Å². The van der Waals surface area contributed by atoms with Crippen LogP contribution in [0, 0.1) is 19.8 Å². The summed E-state index contributed by atoms with van der Waals surface area (Å²) in [5, 5.41) is 38.3. The van der Waals surface area contributed by atoms with Gasteiger partial charge >= 0.3 is 12.1 Å². The number of hydrogen-bond acceptors (Lipinski definition) is 10. The van der Waals surface area contributed by atoms with E-state index in [1.165, 1.54) is 18.3 Å². The molecule has 15 heteroatoms. The van der Waals surface area contributed by atoms with Gasteiger partial charge in [-0.1, -0.05) is 12.8 Å². The molecule has 2 aliphatic carbocycles. The Balaban J connectivity index is 1.52. The molecule has 5 N–H and O–H groups in total. The van der Waals surface area contributed by atoms with Gasteiger partial charge in [-0.05, 0) is 39.2 Å². The lowest BCUT2D eigenvalue weighted by molar-refractivity contribution is -0.275. The van der Waals surface area contributed by atoms with E-state index in [1.807, 2.05) is 5.32 Å². The fourth-order valence-electron chi connectivity index (χ4n) is 5.64. The third-order valence-electron chi connectivity index (χ3n) is 7.84. The van der Waals surface area contributed by atoms with E-state index in [-0.39, 0.29) is 17.9 Å². The zero-order valence-corrected chi connectivity index (χ0v) is 22.5. The first-order valence-electron chi connectivity index (χ1n) is 12.8. The summed E-state index contributed by atoms with van der Waals surface area (Å²) in [5.74, 6) is -6.09. The lowest BCUT2D eigenvalue weighted by Crippen LogP contribution is -2.42. The van der Waals surface area contributed by atoms with Crippen LogP contribution >= 0.6 is 11.3 Å². The monoisotopic (exact) mass is 588 g/mol. The normalized spacial score (nSPS) is 25.1. The second kappa shape index (κ2) is 10.3. The Hall–Kier alpha value is -2.75. The third-order valence-corrected chi connectivity index (χ3v) is 8.88. The number of halogens is 5. The van der Waals surface area contributed by atoms with E-state index in [9.17, 15) is 37.3 Å². The SMILES string of the molecule is Cc1nc(NCC(F)(F)C(F)(F)F)nc(N[C@@H]2C[C@H](C3(O)CCCC3)[C@@H](O)[C@H]2O)c1-c1nc2c(C)nccc2s1. The number of fused-ring (bicyclic) bond motifs is 1. The Labute approximate surface area is 229 Å². The van der Waals surface area contributed by atoms with Crippen LogP contribution in [0.3, 0.4) is 0 Å². The minimum absolute atomic E-state index is 0.0327. The summed E-state index contributed by atoms with van der Waals surface area (Å²) in [5.41, 5.74) is 0.759. The molecule has 3 aromatic heterocycles. The number of hydrogen-bond donors (Lipinski definition) is 5. The molecule has 0 aliphatic heterocycles. The maximum absolute atomic E-state index is 13.6. The number of aromatic nitrogens is 4. The van der Waals surface area contributed by atoms with Gasteiger partial charge in [-0.2, -0.15) is 26.9 Å². The van der Waals surface area contributed by atoms with Crippen molar-refractivity contribution in [3.05, 3.63) is 23.7 Å². The Morgan fingerprint density at radius 1 is 1.02 bits per heavy atom. The molecule has 0 saturated heterocycles. The molecule has 0 bridgehead atoms. The van der Waals surface area contributed by atoms with Gasteiger partial charge in [0.2, 0.25) is 5.95 Å². The van der Waals surface area contributed by atoms with Gasteiger partial charge in [0.15, 0.2) is 0 Å². The smallest absolute Gasteiger partial charge is 0.390 e. The highest BCUT2D eigenvalue weighted by Gasteiger charge is 2.57. The van der Waals surface area contributed by atoms with Crippen molar-refractivity contribution < 1.29 is 37.3 Å². The summed E-state index contributed by atoms with van der Waals surface area (Å²) in [6.45, 7) is 1.55. The molecule has 40 heavy (non-hydrogen) atoms. The highest BCUT2D eigenvalue weighted by Crippen LogP contribution is 2.45. The molecule has 2 fully saturated rings. The van der Waals surface area contributed by atoms with Gasteiger partial charge in [0.05, 0.1) is 45.9 Å². The first-order chi connectivity index (χ1) is 18.7. The molecule has 9 nitrogen and oxygen atoms in total. The topological polar surface area (TPSA) is 136 Å². The van der Waals surface area contributed by atoms with E-state index in [1.54, 1.807) is 19.2 Å². The van der Waals surface area contributed by atoms with Gasteiger partial charge in [-0.25, -0.2) is 9.97 Å². The number of rotatable bonds is 7. The Morgan fingerprint density at radius 2 is 1.73 bits per heavy atom. The van der Waals surface area contributed by atoms with Crippen molar-refractivity contribution in [1.29, 1.82) is 0 Å². The van der Waals surface area contributed by atoms with Gasteiger partial charge in [-0.3, -0.25) is 4.98 Å². The number of pyridine rings is 1. The van der Waals surface area contributed by atoms with E-state index >= 15 is 0 Å². The lowest BCUT2D eigenvalue weighted by Gasteiger charge is -2.32. The highest BCUT2D eigenvalue weighted by atomic mass is 32.1. The summed E-state index contributed by atoms with van der Waals surface area (Å²) >= 11 is 1.29. The maximum Gasteiger partial charge on any atom is 0.455 e. The summed E-state index contributed by atoms with van der Waals surface area (Å²) < 4.78 is 66.2. The summed E-state index contributed by atoms with van der Waals surface area (Å²) in [7, 11) is 0. The zero-order chi connectivity index (χ0) is 29.0. The molecule has 4 atom stereocenters. The molecule has 0 unspecified atom stereocenters. The predicted octanol–water partition coefficient (Wildman–Crippen LogP) is 4.20. The van der Waals surface area contributed by atoms with Gasteiger partial charge in [0.1, 0.15) is 22.4 Å². The highest BCUT2D eigenvalue weighted by molar-refractivity contribution is 7.21. The van der Waals surface area contributed by atoms with Gasteiger partial charge in [0.25, 0.3) is 0 Å². The minimum atomic E-state index is -5.76. The van der Waals surface area contributed by atoms with Crippen LogP contribution in [0.5, 0.6) is 0 Å². The Kier molecular flexibility index (Phi) is 7.38. The van der Waals surface area contributed by atoms with Crippen LogP contribution < -0.4 is 10.6 Å². The summed E-state index contributed by atoms with van der Waals surface area (Å²) in [6, 6.07) is 0.964. The van der Waals surface area contributed by atoms with Gasteiger partial charge in [0, 0.05) is 12.1 Å². The van der Waals surface area contributed by atoms with Crippen LogP contribution in [0.25, 0.3) is 20.8 Å². The molecular weight excluding hydrogens is 559 g/mol. The molecular formula is C25H29F5N6O3S. The first-order valence-corrected chi connectivity index (χ1v) is 13.7. The van der Waals surface area contributed by atoms with Crippen molar-refractivity contribution in [2.45, 2.75) is 81.9 Å². The van der Waals surface area contributed by atoms with Crippen LogP contribution in [0.4, 0.5) is 33.7 Å². The van der Waals surface area contributed by atoms with Crippen molar-refractivity contribution >= 4 is 33.3 Å². The number of aryl methyl sites for hydroxylation is 2. The zero-order valence-electron chi connectivity index (χ0n) is 21.6. The molecule has 2 saturated carbocycles. The number of nitrogens with one attached hydrogen (secondary N) is 2. The van der Waals surface area contributed by atoms with Crippen LogP contribution in [-0.4, -0.2) is 77.7 Å². The predicted molar refractivity (Wildman–Crippen MR) is 138 cm³/mol. The fraction of sp³-hybridized carbons (Fsp3) is 0.600. The molecule has 5 rings (SSSR count). The Morgan fingerprint density at radius 3 is 2.38 bits per heavy atom. The van der Waals surface area contributed by atoms with Gasteiger partial charge in [-0.15, -0.1) is 11.3 Å². The lowest BCUT2D eigenvalue weighted by atomic mass is 9.83. The van der Waals surface area contributed by atoms with E-state index in [2.05, 4.69) is 25.3 Å². The quantitative estimate of drug-likeness (QED) is 0.257. The Bertz CT molecular complexity index is 1400. The van der Waals surface area contributed by atoms with Crippen LogP contribution in [0.15, 0.2) is 12.3 Å². The molecule has 0 amide bonds. The van der Waals surface area contributed by atoms with Crippen LogP contribution in [0.2, 0.25) is 0 Å². The molecule has 0 radical (unpaired) electrons. The number of aliphatic hydroxyl groups excluding tert-OH is 2. The minimum Gasteiger partial charge on any atom is -0.390 e. The van der Waals surface area contributed by atoms with Crippen molar-refractivity contribution in [2.24, 2.45) is 5.92 Å². The molecule has 0 aromatic carbocycles. The largest absolute Gasteiger partial charge is 0.455 e. The summed E-state index contributed by atoms with van der Waals surface area (Å²) in [4.78, 5) is 17.2. The van der Waals surface area contributed by atoms with Crippen molar-refractivity contribution in [1.82, 2.24) is 19.9 Å². The van der Waals surface area contributed by atoms with Crippen molar-refractivity contribution in [2.75, 3.05) is 17.2 Å². The molecule has 3 heterocycles. The number of nitrogens with zero attached hydrogens (tertiary/aromatic N) is 4. The van der Waals surface area contributed by atoms with Crippen LogP contribution in [0.1, 0.15) is 43.5 Å². The first kappa shape index (κ1) is 28.8. The summed E-state index contributed by atoms with van der Waals surface area (Å²) in [6.07, 6.45) is -3.91. The van der Waals surface area contributed by atoms with Crippen molar-refractivity contribution in [3.63, 3.8) is 0 Å². The molecule has 3 aromatic rings. The second-order valence-electron chi connectivity index (χ2n) is 10.6. The van der Waals surface area contributed by atoms with E-state index < -0.39 is 54.4 Å². The van der Waals surface area contributed by atoms with Gasteiger partial charge < -0.3 is 26.0 Å². The standard InChI is InChI=1S/C25H29F5N6O3S/c1-11-16(21-35-17-12(2)31-8-5-15(17)40-21)20(36-22(33-11)32-10-24(26,27)25(28,29)30)34-14-9-13(18(37)19(14)38)23(39)6-3-4-7-23/h5,8,13-14,18-19,37-39H,3-4,6-7,9-10H2,1-2H3,(H2,32,33,34,36)/t13-,14+,18+,19-/m0/s1. The van der Waals surface area contributed by atoms with E-state index in [0.29, 0.717) is 34.6 Å². The number of anilines is 2. The number of aliphatic hydroxyl groups is 3.